The van der Waals surface area contributed by atoms with Gasteiger partial charge in [-0.1, -0.05) is 0 Å². The molecule has 1 saturated heterocycles. The summed E-state index contributed by atoms with van der Waals surface area (Å²) in [4.78, 5) is 6.22. The summed E-state index contributed by atoms with van der Waals surface area (Å²) in [7, 11) is 0. The Morgan fingerprint density at radius 1 is 1.21 bits per heavy atom. The summed E-state index contributed by atoms with van der Waals surface area (Å²) in [5, 5.41) is 17.5. The van der Waals surface area contributed by atoms with Crippen LogP contribution in [0.25, 0.3) is 0 Å². The van der Waals surface area contributed by atoms with Crippen molar-refractivity contribution in [1.29, 1.82) is 0 Å². The van der Waals surface area contributed by atoms with Crippen molar-refractivity contribution in [2.24, 2.45) is 0 Å². The van der Waals surface area contributed by atoms with Crippen LogP contribution in [0.3, 0.4) is 0 Å². The second kappa shape index (κ2) is 2.88. The van der Waals surface area contributed by atoms with Crippen LogP contribution in [0.4, 0.5) is 5.95 Å². The van der Waals surface area contributed by atoms with Crippen molar-refractivity contribution in [3.05, 3.63) is 11.4 Å². The van der Waals surface area contributed by atoms with Crippen molar-refractivity contribution in [3.8, 4) is 0 Å². The van der Waals surface area contributed by atoms with Crippen LogP contribution >= 0.6 is 0 Å². The van der Waals surface area contributed by atoms with Crippen LogP contribution in [0.15, 0.2) is 0 Å². The maximum absolute atomic E-state index is 9.55. The highest BCUT2D eigenvalue weighted by molar-refractivity contribution is 5.36. The van der Waals surface area contributed by atoms with Crippen molar-refractivity contribution in [2.75, 3.05) is 18.0 Å². The van der Waals surface area contributed by atoms with Gasteiger partial charge in [-0.3, -0.25) is 0 Å². The third-order valence-corrected chi connectivity index (χ3v) is 2.43. The van der Waals surface area contributed by atoms with E-state index in [1.54, 1.807) is 6.92 Å². The van der Waals surface area contributed by atoms with Crippen LogP contribution in [0.1, 0.15) is 18.3 Å². The van der Waals surface area contributed by atoms with Gasteiger partial charge < -0.3 is 10.0 Å². The number of β-amino-alcohol motifs (C(OH)–C–C–N with tert-alkyl or cyclic N) is 1. The Bertz CT molecular complexity index is 356. The smallest absolute Gasteiger partial charge is 0.245 e. The Labute approximate surface area is 82.8 Å². The van der Waals surface area contributed by atoms with Crippen LogP contribution in [0.2, 0.25) is 0 Å². The zero-order valence-electron chi connectivity index (χ0n) is 8.65. The number of aryl methyl sites for hydroxylation is 2. The number of hydrogen-bond acceptors (Lipinski definition) is 5. The lowest BCUT2D eigenvalue weighted by Gasteiger charge is -2.43. The zero-order chi connectivity index (χ0) is 10.3. The highest BCUT2D eigenvalue weighted by atomic mass is 16.3. The molecule has 0 atom stereocenters. The van der Waals surface area contributed by atoms with Gasteiger partial charge >= 0.3 is 0 Å². The highest BCUT2D eigenvalue weighted by Crippen LogP contribution is 2.23. The Morgan fingerprint density at radius 3 is 2.36 bits per heavy atom. The second-order valence-corrected chi connectivity index (χ2v) is 4.14. The molecule has 0 aliphatic carbocycles. The molecule has 0 amide bonds. The molecule has 5 heteroatoms. The van der Waals surface area contributed by atoms with E-state index in [2.05, 4.69) is 15.2 Å². The lowest BCUT2D eigenvalue weighted by Crippen LogP contribution is -2.60. The first kappa shape index (κ1) is 9.33. The van der Waals surface area contributed by atoms with Crippen LogP contribution in [0, 0.1) is 13.8 Å². The fourth-order valence-corrected chi connectivity index (χ4v) is 1.50. The van der Waals surface area contributed by atoms with Gasteiger partial charge in [-0.25, -0.2) is 4.98 Å². The van der Waals surface area contributed by atoms with E-state index in [1.165, 1.54) is 0 Å². The zero-order valence-corrected chi connectivity index (χ0v) is 8.65. The Morgan fingerprint density at radius 2 is 1.86 bits per heavy atom. The van der Waals surface area contributed by atoms with Gasteiger partial charge in [0, 0.05) is 0 Å². The molecular weight excluding hydrogens is 180 g/mol. The van der Waals surface area contributed by atoms with E-state index in [0.29, 0.717) is 19.0 Å². The Hall–Kier alpha value is -1.23. The predicted octanol–water partition coefficient (Wildman–Crippen LogP) is 0.0594. The van der Waals surface area contributed by atoms with Crippen LogP contribution in [-0.4, -0.2) is 39.0 Å². The van der Waals surface area contributed by atoms with Crippen molar-refractivity contribution >= 4 is 5.95 Å². The molecule has 1 fully saturated rings. The lowest BCUT2D eigenvalue weighted by molar-refractivity contribution is 0.0298. The first-order chi connectivity index (χ1) is 6.48. The summed E-state index contributed by atoms with van der Waals surface area (Å²) in [5.41, 5.74) is 1.14. The minimum atomic E-state index is -0.595. The molecule has 1 aromatic rings. The van der Waals surface area contributed by atoms with Gasteiger partial charge in [-0.2, -0.15) is 5.10 Å². The van der Waals surface area contributed by atoms with Gasteiger partial charge in [0.2, 0.25) is 5.95 Å². The van der Waals surface area contributed by atoms with Gasteiger partial charge in [0.1, 0.15) is 0 Å². The largest absolute Gasteiger partial charge is 0.386 e. The molecule has 5 nitrogen and oxygen atoms in total. The molecule has 1 aliphatic rings. The van der Waals surface area contributed by atoms with Crippen LogP contribution in [-0.2, 0) is 0 Å². The minimum absolute atomic E-state index is 0.581. The SMILES string of the molecule is Cc1nnc(N2CC(C)(O)C2)nc1C. The number of nitrogens with zero attached hydrogens (tertiary/aromatic N) is 4. The average molecular weight is 194 g/mol. The van der Waals surface area contributed by atoms with Crippen molar-refractivity contribution in [1.82, 2.24) is 15.2 Å². The Kier molecular flexibility index (Phi) is 1.92. The summed E-state index contributed by atoms with van der Waals surface area (Å²) in [6, 6.07) is 0. The maximum atomic E-state index is 9.55. The summed E-state index contributed by atoms with van der Waals surface area (Å²) < 4.78 is 0. The van der Waals surface area contributed by atoms with E-state index >= 15 is 0 Å². The van der Waals surface area contributed by atoms with Crippen molar-refractivity contribution in [3.63, 3.8) is 0 Å². The van der Waals surface area contributed by atoms with Gasteiger partial charge in [-0.15, -0.1) is 5.10 Å². The molecule has 76 valence electrons. The summed E-state index contributed by atoms with van der Waals surface area (Å²) in [6.45, 7) is 6.75. The Balaban J connectivity index is 2.16. The lowest BCUT2D eigenvalue weighted by atomic mass is 9.98. The van der Waals surface area contributed by atoms with E-state index in [4.69, 9.17) is 0 Å². The molecule has 0 aromatic carbocycles. The molecule has 14 heavy (non-hydrogen) atoms. The first-order valence-electron chi connectivity index (χ1n) is 4.63. The number of aliphatic hydroxyl groups is 1. The normalized spacial score (nSPS) is 19.3. The number of aromatic nitrogens is 3. The molecule has 0 bridgehead atoms. The standard InChI is InChI=1S/C9H14N4O/c1-6-7(2)11-12-8(10-6)13-4-9(3,14)5-13/h14H,4-5H2,1-3H3. The number of rotatable bonds is 1. The van der Waals surface area contributed by atoms with Gasteiger partial charge in [-0.05, 0) is 20.8 Å². The van der Waals surface area contributed by atoms with E-state index in [1.807, 2.05) is 18.7 Å². The van der Waals surface area contributed by atoms with E-state index in [-0.39, 0.29) is 0 Å². The minimum Gasteiger partial charge on any atom is -0.386 e. The third-order valence-electron chi connectivity index (χ3n) is 2.43. The van der Waals surface area contributed by atoms with E-state index in [0.717, 1.165) is 11.4 Å². The molecule has 1 aromatic heterocycles. The molecule has 0 spiro atoms. The molecule has 2 heterocycles. The van der Waals surface area contributed by atoms with Crippen molar-refractivity contribution in [2.45, 2.75) is 26.4 Å². The molecule has 0 saturated carbocycles. The predicted molar refractivity (Wildman–Crippen MR) is 52.1 cm³/mol. The molecule has 2 rings (SSSR count). The fraction of sp³-hybridized carbons (Fsp3) is 0.667. The number of anilines is 1. The number of hydrogen-bond donors (Lipinski definition) is 1. The van der Waals surface area contributed by atoms with Crippen molar-refractivity contribution < 1.29 is 5.11 Å². The molecule has 0 unspecified atom stereocenters. The quantitative estimate of drug-likeness (QED) is 0.685. The van der Waals surface area contributed by atoms with Gasteiger partial charge in [0.25, 0.3) is 0 Å². The maximum Gasteiger partial charge on any atom is 0.245 e. The average Bonchev–Trinajstić information content (AvgIpc) is 2.06. The van der Waals surface area contributed by atoms with Gasteiger partial charge in [0.15, 0.2) is 0 Å². The van der Waals surface area contributed by atoms with E-state index < -0.39 is 5.60 Å². The van der Waals surface area contributed by atoms with Gasteiger partial charge in [0.05, 0.1) is 30.1 Å². The molecule has 1 N–H and O–H groups in total. The molecule has 0 radical (unpaired) electrons. The summed E-state index contributed by atoms with van der Waals surface area (Å²) in [5.74, 6) is 0.611. The third kappa shape index (κ3) is 1.55. The fourth-order valence-electron chi connectivity index (χ4n) is 1.50. The topological polar surface area (TPSA) is 62.1 Å². The van der Waals surface area contributed by atoms with E-state index in [9.17, 15) is 5.11 Å². The van der Waals surface area contributed by atoms with Crippen LogP contribution < -0.4 is 4.90 Å². The summed E-state index contributed by atoms with van der Waals surface area (Å²) >= 11 is 0. The molecular formula is C9H14N4O. The molecule has 1 aliphatic heterocycles. The van der Waals surface area contributed by atoms with Crippen LogP contribution in [0.5, 0.6) is 0 Å². The second-order valence-electron chi connectivity index (χ2n) is 4.14. The monoisotopic (exact) mass is 194 g/mol. The summed E-state index contributed by atoms with van der Waals surface area (Å²) in [6.07, 6.45) is 0. The first-order valence-corrected chi connectivity index (χ1v) is 4.63. The highest BCUT2D eigenvalue weighted by Gasteiger charge is 2.38.